The van der Waals surface area contributed by atoms with Gasteiger partial charge in [0.15, 0.2) is 6.54 Å². The summed E-state index contributed by atoms with van der Waals surface area (Å²) in [6.07, 6.45) is 13.0. The molecule has 0 aliphatic rings. The van der Waals surface area contributed by atoms with Gasteiger partial charge < -0.3 is 16.0 Å². The summed E-state index contributed by atoms with van der Waals surface area (Å²) in [5.74, 6) is -0.152. The quantitative estimate of drug-likeness (QED) is 0.392. The minimum atomic E-state index is -0.152. The molecule has 4 heteroatoms. The minimum Gasteiger partial charge on any atom is -0.635 e. The summed E-state index contributed by atoms with van der Waals surface area (Å²) in [5, 5.41) is 12.8. The second-order valence-corrected chi connectivity index (χ2v) is 4.90. The van der Waals surface area contributed by atoms with Gasteiger partial charge in [-0.3, -0.25) is 4.79 Å². The Kier molecular flexibility index (Phi) is 14.0. The number of carbonyl (C=O) groups excluding carboxylic acids is 1. The van der Waals surface area contributed by atoms with Crippen molar-refractivity contribution in [2.75, 3.05) is 13.1 Å². The fourth-order valence-corrected chi connectivity index (χ4v) is 1.99. The summed E-state index contributed by atoms with van der Waals surface area (Å²) in [4.78, 5) is 11.0. The van der Waals surface area contributed by atoms with Crippen molar-refractivity contribution in [2.45, 2.75) is 71.1 Å². The number of amides is 1. The van der Waals surface area contributed by atoms with Gasteiger partial charge in [0.1, 0.15) is 0 Å². The Bertz CT molecular complexity index is 187. The largest absolute Gasteiger partial charge is 0.635 e. The molecular formula is C14H30N2O2. The van der Waals surface area contributed by atoms with Crippen LogP contribution in [0.2, 0.25) is 0 Å². The molecule has 4 nitrogen and oxygen atoms in total. The number of unbranched alkanes of at least 4 members (excludes halogenated alkanes) is 9. The average molecular weight is 258 g/mol. The lowest BCUT2D eigenvalue weighted by Gasteiger charge is -2.05. The van der Waals surface area contributed by atoms with Gasteiger partial charge in [-0.25, -0.2) is 0 Å². The van der Waals surface area contributed by atoms with E-state index in [1.807, 2.05) is 0 Å². The van der Waals surface area contributed by atoms with E-state index in [0.29, 0.717) is 12.0 Å². The van der Waals surface area contributed by atoms with Crippen molar-refractivity contribution >= 4 is 5.91 Å². The van der Waals surface area contributed by atoms with E-state index in [1.54, 1.807) is 0 Å². The molecule has 0 aromatic heterocycles. The van der Waals surface area contributed by atoms with Crippen LogP contribution in [0.4, 0.5) is 0 Å². The highest BCUT2D eigenvalue weighted by Gasteiger charge is 1.98. The van der Waals surface area contributed by atoms with E-state index < -0.39 is 0 Å². The zero-order chi connectivity index (χ0) is 13.5. The molecule has 0 saturated heterocycles. The van der Waals surface area contributed by atoms with Gasteiger partial charge in [-0.05, 0) is 6.42 Å². The smallest absolute Gasteiger partial charge is 0.275 e. The second kappa shape index (κ2) is 14.5. The summed E-state index contributed by atoms with van der Waals surface area (Å²) in [5.41, 5.74) is 0.647. The van der Waals surface area contributed by atoms with Crippen LogP contribution >= 0.6 is 0 Å². The van der Waals surface area contributed by atoms with Crippen LogP contribution in [0.3, 0.4) is 0 Å². The molecule has 0 radical (unpaired) electrons. The van der Waals surface area contributed by atoms with Crippen molar-refractivity contribution in [3.63, 3.8) is 0 Å². The Morgan fingerprint density at radius 2 is 1.44 bits per heavy atom. The van der Waals surface area contributed by atoms with Gasteiger partial charge in [0.2, 0.25) is 0 Å². The molecule has 0 aliphatic heterocycles. The maximum Gasteiger partial charge on any atom is 0.275 e. The molecule has 0 aliphatic carbocycles. The maximum absolute atomic E-state index is 11.0. The van der Waals surface area contributed by atoms with Crippen LogP contribution in [0, 0.1) is 5.21 Å². The fraction of sp³-hybridized carbons (Fsp3) is 0.929. The van der Waals surface area contributed by atoms with Gasteiger partial charge in [-0.1, -0.05) is 64.7 Å². The van der Waals surface area contributed by atoms with E-state index in [4.69, 9.17) is 0 Å². The molecule has 108 valence electrons. The molecule has 0 unspecified atom stereocenters. The molecule has 0 spiro atoms. The summed E-state index contributed by atoms with van der Waals surface area (Å²) >= 11 is 0. The topological polar surface area (TPSA) is 68.8 Å². The van der Waals surface area contributed by atoms with Crippen LogP contribution in [-0.4, -0.2) is 19.0 Å². The van der Waals surface area contributed by atoms with E-state index in [9.17, 15) is 10.0 Å². The maximum atomic E-state index is 11.0. The van der Waals surface area contributed by atoms with Crippen LogP contribution in [0.1, 0.15) is 71.1 Å². The lowest BCUT2D eigenvalue weighted by Crippen LogP contribution is -2.80. The summed E-state index contributed by atoms with van der Waals surface area (Å²) in [6, 6.07) is 0. The Morgan fingerprint density at radius 1 is 0.944 bits per heavy atom. The zero-order valence-electron chi connectivity index (χ0n) is 11.9. The molecule has 0 bridgehead atoms. The van der Waals surface area contributed by atoms with Crippen LogP contribution in [-0.2, 0) is 4.79 Å². The standard InChI is InChI=1S/C14H30N2O2/c1-2-3-4-5-6-7-8-9-10-11-12-15-14(17)13-16-18/h2-13,16H2,1H3,(H,15,17). The predicted octanol–water partition coefficient (Wildman–Crippen LogP) is 2.08. The molecule has 3 N–H and O–H groups in total. The average Bonchev–Trinajstić information content (AvgIpc) is 2.36. The number of nitrogens with one attached hydrogen (secondary N) is 1. The van der Waals surface area contributed by atoms with Gasteiger partial charge in [0, 0.05) is 6.54 Å². The molecular weight excluding hydrogens is 228 g/mol. The third-order valence-corrected chi connectivity index (χ3v) is 3.12. The zero-order valence-corrected chi connectivity index (χ0v) is 11.9. The van der Waals surface area contributed by atoms with Crippen molar-refractivity contribution < 1.29 is 10.3 Å². The third kappa shape index (κ3) is 13.5. The molecule has 18 heavy (non-hydrogen) atoms. The van der Waals surface area contributed by atoms with E-state index >= 15 is 0 Å². The molecule has 0 fully saturated rings. The van der Waals surface area contributed by atoms with Crippen molar-refractivity contribution in [3.8, 4) is 0 Å². The van der Waals surface area contributed by atoms with E-state index in [1.165, 1.54) is 57.8 Å². The van der Waals surface area contributed by atoms with Crippen LogP contribution in [0.25, 0.3) is 0 Å². The number of hydrogen-bond acceptors (Lipinski definition) is 2. The normalized spacial score (nSPS) is 10.6. The third-order valence-electron chi connectivity index (χ3n) is 3.12. The number of rotatable bonds is 13. The highest BCUT2D eigenvalue weighted by atomic mass is 16.5. The monoisotopic (exact) mass is 258 g/mol. The lowest BCUT2D eigenvalue weighted by atomic mass is 10.1. The summed E-state index contributed by atoms with van der Waals surface area (Å²) in [6.45, 7) is 2.95. The highest BCUT2D eigenvalue weighted by molar-refractivity contribution is 5.76. The Hall–Kier alpha value is -0.610. The number of quaternary nitrogens is 1. The number of hydroxylamine groups is 1. The van der Waals surface area contributed by atoms with Crippen molar-refractivity contribution in [2.24, 2.45) is 0 Å². The first-order valence-electron chi connectivity index (χ1n) is 7.51. The summed E-state index contributed by atoms with van der Waals surface area (Å²) in [7, 11) is 0. The second-order valence-electron chi connectivity index (χ2n) is 4.90. The molecule has 0 saturated carbocycles. The minimum absolute atomic E-state index is 0.00222. The predicted molar refractivity (Wildman–Crippen MR) is 75.0 cm³/mol. The molecule has 1 amide bonds. The Morgan fingerprint density at radius 3 is 1.94 bits per heavy atom. The van der Waals surface area contributed by atoms with E-state index in [2.05, 4.69) is 12.2 Å². The van der Waals surface area contributed by atoms with E-state index in [0.717, 1.165) is 6.42 Å². The van der Waals surface area contributed by atoms with Gasteiger partial charge in [-0.15, -0.1) is 0 Å². The lowest BCUT2D eigenvalue weighted by molar-refractivity contribution is -0.576. The van der Waals surface area contributed by atoms with Crippen LogP contribution in [0.15, 0.2) is 0 Å². The van der Waals surface area contributed by atoms with Gasteiger partial charge >= 0.3 is 0 Å². The van der Waals surface area contributed by atoms with Crippen LogP contribution in [0.5, 0.6) is 0 Å². The molecule has 0 aromatic rings. The first-order valence-corrected chi connectivity index (χ1v) is 7.51. The first kappa shape index (κ1) is 17.4. The molecule has 0 aromatic carbocycles. The van der Waals surface area contributed by atoms with Crippen molar-refractivity contribution in [1.82, 2.24) is 5.32 Å². The molecule has 0 heterocycles. The van der Waals surface area contributed by atoms with Crippen molar-refractivity contribution in [3.05, 3.63) is 5.21 Å². The fourth-order valence-electron chi connectivity index (χ4n) is 1.99. The van der Waals surface area contributed by atoms with E-state index in [-0.39, 0.29) is 12.5 Å². The SMILES string of the molecule is CCCCCCCCCCCCNC(=O)C[NH2+][O-]. The van der Waals surface area contributed by atoms with Crippen LogP contribution < -0.4 is 10.8 Å². The van der Waals surface area contributed by atoms with Gasteiger partial charge in [0.05, 0.1) is 0 Å². The Labute approximate surface area is 111 Å². The summed E-state index contributed by atoms with van der Waals surface area (Å²) < 4.78 is 0. The van der Waals surface area contributed by atoms with Gasteiger partial charge in [0.25, 0.3) is 5.91 Å². The van der Waals surface area contributed by atoms with Gasteiger partial charge in [-0.2, -0.15) is 0 Å². The molecule has 0 rings (SSSR count). The Balaban J connectivity index is 3.01. The highest BCUT2D eigenvalue weighted by Crippen LogP contribution is 2.10. The first-order chi connectivity index (χ1) is 8.81. The number of hydrogen-bond donors (Lipinski definition) is 2. The number of nitrogens with two attached hydrogens (primary N) is 1. The molecule has 0 atom stereocenters. The van der Waals surface area contributed by atoms with Crippen molar-refractivity contribution in [1.29, 1.82) is 0 Å². The number of carbonyl (C=O) groups is 1.